The first-order valence-electron chi connectivity index (χ1n) is 9.22. The first kappa shape index (κ1) is 22.2. The van der Waals surface area contributed by atoms with Gasteiger partial charge in [0.1, 0.15) is 5.82 Å². The molecular weight excluding hydrogens is 384 g/mol. The van der Waals surface area contributed by atoms with Crippen molar-refractivity contribution in [3.8, 4) is 0 Å². The summed E-state index contributed by atoms with van der Waals surface area (Å²) in [5.74, 6) is 0.757. The third kappa shape index (κ3) is 5.94. The van der Waals surface area contributed by atoms with Crippen molar-refractivity contribution in [2.45, 2.75) is 38.8 Å². The van der Waals surface area contributed by atoms with Gasteiger partial charge >= 0.3 is 6.09 Å². The monoisotopic (exact) mass is 412 g/mol. The van der Waals surface area contributed by atoms with Crippen LogP contribution in [0.15, 0.2) is 0 Å². The number of aromatic nitrogens is 2. The molecule has 2 rings (SSSR count). The Bertz CT molecular complexity index is 704. The molecule has 0 unspecified atom stereocenters. The summed E-state index contributed by atoms with van der Waals surface area (Å²) < 4.78 is 4.78. The van der Waals surface area contributed by atoms with Gasteiger partial charge in [0, 0.05) is 19.7 Å². The van der Waals surface area contributed by atoms with Crippen molar-refractivity contribution >= 4 is 35.5 Å². The lowest BCUT2D eigenvalue weighted by Crippen LogP contribution is -2.31. The SMILES string of the molecule is CCOC(=O)NCCNc1nc(C)c(C(=N)S)c(N[C@@H]2C[C@H](CO)C[C@H]2O)n1. The molecule has 1 saturated carbocycles. The maximum absolute atomic E-state index is 11.3. The number of aryl methyl sites for hydroxylation is 1. The Balaban J connectivity index is 2.08. The van der Waals surface area contributed by atoms with Gasteiger partial charge in [0.25, 0.3) is 0 Å². The largest absolute Gasteiger partial charge is 0.450 e. The van der Waals surface area contributed by atoms with Crippen molar-refractivity contribution < 1.29 is 19.7 Å². The van der Waals surface area contributed by atoms with Gasteiger partial charge in [-0.2, -0.15) is 4.98 Å². The topological polar surface area (TPSA) is 152 Å². The van der Waals surface area contributed by atoms with Crippen LogP contribution in [0.2, 0.25) is 0 Å². The fourth-order valence-electron chi connectivity index (χ4n) is 3.16. The first-order valence-corrected chi connectivity index (χ1v) is 9.66. The number of ether oxygens (including phenoxy) is 1. The zero-order valence-electron chi connectivity index (χ0n) is 16.0. The van der Waals surface area contributed by atoms with Gasteiger partial charge in [-0.1, -0.05) is 0 Å². The molecule has 1 heterocycles. The number of aliphatic hydroxyl groups excluding tert-OH is 2. The van der Waals surface area contributed by atoms with Crippen LogP contribution < -0.4 is 16.0 Å². The molecule has 1 aromatic rings. The molecule has 10 nitrogen and oxygen atoms in total. The van der Waals surface area contributed by atoms with Gasteiger partial charge in [-0.3, -0.25) is 5.41 Å². The second-order valence-corrected chi connectivity index (χ2v) is 7.06. The molecule has 1 aliphatic rings. The van der Waals surface area contributed by atoms with E-state index in [2.05, 4.69) is 38.5 Å². The number of carbonyl (C=O) groups is 1. The minimum absolute atomic E-state index is 0.0155. The Morgan fingerprint density at radius 2 is 2.11 bits per heavy atom. The summed E-state index contributed by atoms with van der Waals surface area (Å²) in [4.78, 5) is 20.0. The summed E-state index contributed by atoms with van der Waals surface area (Å²) in [6.45, 7) is 4.51. The van der Waals surface area contributed by atoms with Crippen LogP contribution in [0, 0.1) is 18.3 Å². The van der Waals surface area contributed by atoms with E-state index in [9.17, 15) is 15.0 Å². The maximum atomic E-state index is 11.3. The molecule has 0 aromatic carbocycles. The van der Waals surface area contributed by atoms with E-state index in [1.807, 2.05) is 0 Å². The van der Waals surface area contributed by atoms with Crippen LogP contribution >= 0.6 is 12.6 Å². The van der Waals surface area contributed by atoms with E-state index < -0.39 is 12.2 Å². The van der Waals surface area contributed by atoms with Crippen molar-refractivity contribution in [2.24, 2.45) is 5.92 Å². The van der Waals surface area contributed by atoms with E-state index in [4.69, 9.17) is 10.1 Å². The van der Waals surface area contributed by atoms with Crippen molar-refractivity contribution in [1.29, 1.82) is 5.41 Å². The number of thiol groups is 1. The van der Waals surface area contributed by atoms with E-state index >= 15 is 0 Å². The highest BCUT2D eigenvalue weighted by Crippen LogP contribution is 2.30. The highest BCUT2D eigenvalue weighted by atomic mass is 32.1. The fraction of sp³-hybridized carbons (Fsp3) is 0.647. The van der Waals surface area contributed by atoms with Crippen LogP contribution in [-0.4, -0.2) is 69.8 Å². The molecule has 0 radical (unpaired) electrons. The molecule has 0 bridgehead atoms. The molecule has 1 aliphatic carbocycles. The van der Waals surface area contributed by atoms with Crippen molar-refractivity contribution in [1.82, 2.24) is 15.3 Å². The highest BCUT2D eigenvalue weighted by Gasteiger charge is 2.33. The summed E-state index contributed by atoms with van der Waals surface area (Å²) >= 11 is 4.12. The van der Waals surface area contributed by atoms with Crippen LogP contribution in [0.5, 0.6) is 0 Å². The molecule has 11 heteroatoms. The fourth-order valence-corrected chi connectivity index (χ4v) is 3.43. The molecule has 156 valence electrons. The van der Waals surface area contributed by atoms with E-state index in [0.29, 0.717) is 55.6 Å². The van der Waals surface area contributed by atoms with E-state index in [0.717, 1.165) is 0 Å². The first-order chi connectivity index (χ1) is 13.3. The van der Waals surface area contributed by atoms with Gasteiger partial charge in [0.15, 0.2) is 0 Å². The third-order valence-electron chi connectivity index (χ3n) is 4.49. The summed E-state index contributed by atoms with van der Waals surface area (Å²) in [6, 6.07) is -0.281. The molecule has 0 spiro atoms. The van der Waals surface area contributed by atoms with Gasteiger partial charge < -0.3 is 30.9 Å². The van der Waals surface area contributed by atoms with Gasteiger partial charge in [0.2, 0.25) is 5.95 Å². The zero-order chi connectivity index (χ0) is 20.7. The molecule has 3 atom stereocenters. The van der Waals surface area contributed by atoms with Gasteiger partial charge in [-0.25, -0.2) is 9.78 Å². The Morgan fingerprint density at radius 1 is 1.36 bits per heavy atom. The Hall–Kier alpha value is -2.11. The zero-order valence-corrected chi connectivity index (χ0v) is 16.9. The van der Waals surface area contributed by atoms with Crippen LogP contribution in [0.25, 0.3) is 0 Å². The van der Waals surface area contributed by atoms with Crippen LogP contribution in [0.4, 0.5) is 16.6 Å². The van der Waals surface area contributed by atoms with Gasteiger partial charge in [-0.05, 0) is 32.6 Å². The average Bonchev–Trinajstić information content (AvgIpc) is 2.98. The minimum atomic E-state index is -0.612. The lowest BCUT2D eigenvalue weighted by Gasteiger charge is -2.20. The van der Waals surface area contributed by atoms with E-state index in [1.165, 1.54) is 0 Å². The molecule has 6 N–H and O–H groups in total. The number of hydrogen-bond donors (Lipinski definition) is 7. The predicted molar refractivity (Wildman–Crippen MR) is 109 cm³/mol. The number of anilines is 2. The quantitative estimate of drug-likeness (QED) is 0.136. The Morgan fingerprint density at radius 3 is 2.71 bits per heavy atom. The van der Waals surface area contributed by atoms with Crippen LogP contribution in [0.1, 0.15) is 31.0 Å². The Kier molecular flexibility index (Phi) is 8.27. The second kappa shape index (κ2) is 10.4. The number of nitrogens with zero attached hydrogens (tertiary/aromatic N) is 2. The molecule has 1 aromatic heterocycles. The molecule has 0 aliphatic heterocycles. The van der Waals surface area contributed by atoms with Crippen molar-refractivity contribution in [2.75, 3.05) is 36.9 Å². The normalized spacial score (nSPS) is 21.2. The van der Waals surface area contributed by atoms with Crippen LogP contribution in [0.3, 0.4) is 0 Å². The van der Waals surface area contributed by atoms with E-state index in [-0.39, 0.29) is 23.6 Å². The highest BCUT2D eigenvalue weighted by molar-refractivity contribution is 7.97. The predicted octanol–water partition coefficient (Wildman–Crippen LogP) is 0.742. The summed E-state index contributed by atoms with van der Waals surface area (Å²) in [6.07, 6.45) is 0.0128. The second-order valence-electron chi connectivity index (χ2n) is 6.62. The van der Waals surface area contributed by atoms with E-state index in [1.54, 1.807) is 13.8 Å². The number of alkyl carbamates (subject to hydrolysis) is 1. The number of amides is 1. The number of carbonyl (C=O) groups excluding carboxylic acids is 1. The van der Waals surface area contributed by atoms with Crippen molar-refractivity contribution in [3.63, 3.8) is 0 Å². The number of rotatable bonds is 9. The van der Waals surface area contributed by atoms with Gasteiger partial charge in [-0.15, -0.1) is 12.6 Å². The average molecular weight is 413 g/mol. The van der Waals surface area contributed by atoms with Gasteiger partial charge in [0.05, 0.1) is 35.1 Å². The number of aliphatic hydroxyl groups is 2. The molecule has 0 saturated heterocycles. The molecule has 1 fully saturated rings. The van der Waals surface area contributed by atoms with Crippen LogP contribution in [-0.2, 0) is 4.74 Å². The lowest BCUT2D eigenvalue weighted by atomic mass is 10.1. The number of nitrogens with one attached hydrogen (secondary N) is 4. The Labute approximate surface area is 169 Å². The molecule has 28 heavy (non-hydrogen) atoms. The summed E-state index contributed by atoms with van der Waals surface area (Å²) in [5, 5.41) is 36.3. The molecular formula is C17H28N6O4S. The third-order valence-corrected chi connectivity index (χ3v) is 4.71. The smallest absolute Gasteiger partial charge is 0.407 e. The number of hydrogen-bond acceptors (Lipinski definition) is 9. The van der Waals surface area contributed by atoms with Crippen molar-refractivity contribution in [3.05, 3.63) is 11.3 Å². The lowest BCUT2D eigenvalue weighted by molar-refractivity contribution is 0.152. The summed E-state index contributed by atoms with van der Waals surface area (Å²) in [7, 11) is 0. The minimum Gasteiger partial charge on any atom is -0.450 e. The summed E-state index contributed by atoms with van der Waals surface area (Å²) in [5.41, 5.74) is 1.02. The molecule has 1 amide bonds. The standard InChI is InChI=1S/C17H28N6O4S/c1-3-27-17(26)20-5-4-19-16-21-9(2)13(14(18)28)15(23-16)22-11-6-10(8-24)7-12(11)25/h10-12,24-25H,3-8H2,1-2H3,(H2,18,28)(H,20,26)(H2,19,21,22,23)/t10-,11+,12+/m0/s1. The maximum Gasteiger partial charge on any atom is 0.407 e.